The highest BCUT2D eigenvalue weighted by atomic mass is 19.4. The Labute approximate surface area is 253 Å². The molecule has 0 radical (unpaired) electrons. The van der Waals surface area contributed by atoms with E-state index in [1.165, 1.54) is 35.1 Å². The topological polar surface area (TPSA) is 186 Å². The van der Waals surface area contributed by atoms with Crippen LogP contribution in [-0.2, 0) is 22.3 Å². The molecule has 1 aliphatic rings. The van der Waals surface area contributed by atoms with Crippen molar-refractivity contribution < 1.29 is 32.3 Å². The molecule has 0 spiro atoms. The first-order chi connectivity index (χ1) is 21.4. The summed E-state index contributed by atoms with van der Waals surface area (Å²) in [5, 5.41) is 18.1. The fourth-order valence-electron chi connectivity index (χ4n) is 5.14. The van der Waals surface area contributed by atoms with Gasteiger partial charge in [-0.05, 0) is 32.4 Å². The zero-order chi connectivity index (χ0) is 32.5. The average Bonchev–Trinajstić information content (AvgIpc) is 3.73. The van der Waals surface area contributed by atoms with Gasteiger partial charge in [0.1, 0.15) is 12.6 Å². The molecule has 3 aromatic heterocycles. The Kier molecular flexibility index (Phi) is 8.42. The van der Waals surface area contributed by atoms with Crippen molar-refractivity contribution in [2.45, 2.75) is 45.1 Å². The number of rotatable bonds is 9. The van der Waals surface area contributed by atoms with Crippen molar-refractivity contribution >= 4 is 35.4 Å². The van der Waals surface area contributed by atoms with Crippen LogP contribution < -0.4 is 21.1 Å². The summed E-state index contributed by atoms with van der Waals surface area (Å²) in [4.78, 5) is 47.4. The molecule has 4 aromatic rings. The van der Waals surface area contributed by atoms with Gasteiger partial charge in [-0.15, -0.1) is 0 Å². The molecule has 4 N–H and O–H groups in total. The van der Waals surface area contributed by atoms with Crippen LogP contribution in [0, 0.1) is 18.3 Å². The number of hydrogen-bond donors (Lipinski definition) is 3. The number of nitrogens with one attached hydrogen (secondary N) is 2. The van der Waals surface area contributed by atoms with Gasteiger partial charge < -0.3 is 26.0 Å². The predicted molar refractivity (Wildman–Crippen MR) is 152 cm³/mol. The number of carbonyl (C=O) groups is 3. The van der Waals surface area contributed by atoms with Gasteiger partial charge in [-0.1, -0.05) is 0 Å². The Morgan fingerprint density at radius 3 is 2.76 bits per heavy atom. The molecular weight excluding hydrogens is 597 g/mol. The van der Waals surface area contributed by atoms with Gasteiger partial charge >= 0.3 is 6.18 Å². The minimum Gasteiger partial charge on any atom is -0.426 e. The predicted octanol–water partition coefficient (Wildman–Crippen LogP) is 2.40. The van der Waals surface area contributed by atoms with Crippen molar-refractivity contribution in [1.29, 1.82) is 5.26 Å². The molecule has 2 atom stereocenters. The van der Waals surface area contributed by atoms with E-state index in [4.69, 9.17) is 15.7 Å². The lowest BCUT2D eigenvalue weighted by Gasteiger charge is -2.22. The number of ether oxygens (including phenoxy) is 1. The van der Waals surface area contributed by atoms with Gasteiger partial charge in [0.25, 0.3) is 12.4 Å². The molecule has 0 unspecified atom stereocenters. The van der Waals surface area contributed by atoms with Crippen LogP contribution in [0.3, 0.4) is 0 Å². The van der Waals surface area contributed by atoms with Crippen LogP contribution in [0.2, 0.25) is 0 Å². The summed E-state index contributed by atoms with van der Waals surface area (Å²) in [6.07, 6.45) is 0.939. The monoisotopic (exact) mass is 624 g/mol. The average molecular weight is 625 g/mol. The van der Waals surface area contributed by atoms with Crippen molar-refractivity contribution in [2.24, 2.45) is 5.73 Å². The Bertz CT molecular complexity index is 1830. The first-order valence-electron chi connectivity index (χ1n) is 13.6. The molecule has 14 nitrogen and oxygen atoms in total. The van der Waals surface area contributed by atoms with E-state index in [9.17, 15) is 27.6 Å². The molecule has 1 fully saturated rings. The van der Waals surface area contributed by atoms with Crippen LogP contribution >= 0.6 is 0 Å². The standard InChI is InChI=1S/C28H27F3N10O4/c1-15-18(26(43)36-16(2)27(44)39-8-5-17(33)12-39)3-4-20(22(15)45-14-42)37-24-25-35-11-21(41(25)10-7-34-24)19-13-40(9-6-32)38-23(19)28(29,30)31/h3-4,7,10-11,13-14,16-17H,5,8-9,12,33H2,1-2H3,(H,34,37)(H,36,43)/t16-,17-/m1/s1. The Hall–Kier alpha value is -5.50. The lowest BCUT2D eigenvalue weighted by atomic mass is 10.0. The largest absolute Gasteiger partial charge is 0.435 e. The molecule has 1 aliphatic heterocycles. The maximum absolute atomic E-state index is 13.8. The number of anilines is 2. The van der Waals surface area contributed by atoms with Crippen molar-refractivity contribution in [2.75, 3.05) is 18.4 Å². The van der Waals surface area contributed by atoms with Crippen LogP contribution in [-0.4, -0.2) is 72.5 Å². The van der Waals surface area contributed by atoms with E-state index < -0.39 is 23.8 Å². The molecule has 2 amide bonds. The number of aromatic nitrogens is 5. The van der Waals surface area contributed by atoms with Crippen molar-refractivity contribution in [1.82, 2.24) is 34.4 Å². The van der Waals surface area contributed by atoms with Gasteiger partial charge in [0, 0.05) is 48.8 Å². The van der Waals surface area contributed by atoms with E-state index in [1.54, 1.807) is 24.8 Å². The molecule has 0 aliphatic carbocycles. The van der Waals surface area contributed by atoms with Crippen LogP contribution in [0.25, 0.3) is 16.9 Å². The highest BCUT2D eigenvalue weighted by molar-refractivity contribution is 6.00. The SMILES string of the molecule is Cc1c(C(=O)N[C@H](C)C(=O)N2CC[C@@H](N)C2)ccc(Nc2nccn3c(-c4cn(CC#N)nc4C(F)(F)F)cnc23)c1OC=O. The molecule has 1 saturated heterocycles. The summed E-state index contributed by atoms with van der Waals surface area (Å²) < 4.78 is 48.8. The number of hydrogen-bond acceptors (Lipinski definition) is 10. The van der Waals surface area contributed by atoms with Crippen LogP contribution in [0.1, 0.15) is 35.0 Å². The van der Waals surface area contributed by atoms with E-state index in [-0.39, 0.29) is 70.3 Å². The van der Waals surface area contributed by atoms with Gasteiger partial charge in [-0.25, -0.2) is 9.97 Å². The van der Waals surface area contributed by atoms with E-state index >= 15 is 0 Å². The number of likely N-dealkylation sites (tertiary alicyclic amines) is 1. The fourth-order valence-corrected chi connectivity index (χ4v) is 5.14. The molecule has 1 aromatic carbocycles. The number of nitrogens with zero attached hydrogens (tertiary/aromatic N) is 7. The minimum atomic E-state index is -4.80. The minimum absolute atomic E-state index is 0.0186. The Morgan fingerprint density at radius 1 is 1.31 bits per heavy atom. The Morgan fingerprint density at radius 2 is 2.09 bits per heavy atom. The zero-order valence-electron chi connectivity index (χ0n) is 24.0. The number of alkyl halides is 3. The number of carbonyl (C=O) groups excluding carboxylic acids is 3. The van der Waals surface area contributed by atoms with E-state index in [0.29, 0.717) is 19.5 Å². The van der Waals surface area contributed by atoms with Crippen LogP contribution in [0.4, 0.5) is 24.7 Å². The molecular formula is C28H27F3N10O4. The normalized spacial score (nSPS) is 15.5. The number of amides is 2. The quantitative estimate of drug-likeness (QED) is 0.234. The number of fused-ring (bicyclic) bond motifs is 1. The lowest BCUT2D eigenvalue weighted by Crippen LogP contribution is -2.46. The lowest BCUT2D eigenvalue weighted by molar-refractivity contribution is -0.141. The Balaban J connectivity index is 1.44. The molecule has 4 heterocycles. The highest BCUT2D eigenvalue weighted by Crippen LogP contribution is 2.38. The third-order valence-electron chi connectivity index (χ3n) is 7.29. The smallest absolute Gasteiger partial charge is 0.426 e. The van der Waals surface area contributed by atoms with E-state index in [2.05, 4.69) is 25.7 Å². The van der Waals surface area contributed by atoms with Crippen LogP contribution in [0.5, 0.6) is 5.75 Å². The van der Waals surface area contributed by atoms with E-state index in [0.717, 1.165) is 10.9 Å². The first-order valence-corrected chi connectivity index (χ1v) is 13.6. The zero-order valence-corrected chi connectivity index (χ0v) is 24.0. The molecule has 5 rings (SSSR count). The number of benzene rings is 1. The first kappa shape index (κ1) is 30.9. The van der Waals surface area contributed by atoms with Crippen molar-refractivity contribution in [3.8, 4) is 23.1 Å². The molecule has 17 heteroatoms. The summed E-state index contributed by atoms with van der Waals surface area (Å²) in [5.74, 6) is -0.767. The fraction of sp³-hybridized carbons (Fsp3) is 0.321. The summed E-state index contributed by atoms with van der Waals surface area (Å²) in [5.41, 5.74) is 5.18. The number of halogens is 3. The molecule has 0 bridgehead atoms. The van der Waals surface area contributed by atoms with Crippen molar-refractivity contribution in [3.63, 3.8) is 0 Å². The number of nitriles is 1. The summed E-state index contributed by atoms with van der Waals surface area (Å²) in [7, 11) is 0. The maximum Gasteiger partial charge on any atom is 0.435 e. The van der Waals surface area contributed by atoms with Gasteiger partial charge in [0.05, 0.1) is 29.2 Å². The van der Waals surface area contributed by atoms with Gasteiger partial charge in [-0.2, -0.15) is 23.5 Å². The summed E-state index contributed by atoms with van der Waals surface area (Å²) in [6.45, 7) is 3.81. The second-order valence-corrected chi connectivity index (χ2v) is 10.3. The van der Waals surface area contributed by atoms with Gasteiger partial charge in [0.15, 0.2) is 22.9 Å². The highest BCUT2D eigenvalue weighted by Gasteiger charge is 2.38. The van der Waals surface area contributed by atoms with Crippen LogP contribution in [0.15, 0.2) is 36.9 Å². The second-order valence-electron chi connectivity index (χ2n) is 10.3. The van der Waals surface area contributed by atoms with Gasteiger partial charge in [0.2, 0.25) is 5.91 Å². The number of nitrogens with two attached hydrogens (primary N) is 1. The molecule has 45 heavy (non-hydrogen) atoms. The maximum atomic E-state index is 13.8. The second kappa shape index (κ2) is 12.2. The molecule has 0 saturated carbocycles. The van der Waals surface area contributed by atoms with Gasteiger partial charge in [-0.3, -0.25) is 23.5 Å². The molecule has 234 valence electrons. The third-order valence-corrected chi connectivity index (χ3v) is 7.29. The summed E-state index contributed by atoms with van der Waals surface area (Å²) >= 11 is 0. The van der Waals surface area contributed by atoms with E-state index in [1.807, 2.05) is 0 Å². The summed E-state index contributed by atoms with van der Waals surface area (Å²) in [6, 6.07) is 3.73. The third kappa shape index (κ3) is 6.13. The number of imidazole rings is 1. The van der Waals surface area contributed by atoms with Crippen molar-refractivity contribution in [3.05, 3.63) is 53.7 Å².